The molecule has 1 amide bonds. The fourth-order valence-corrected chi connectivity index (χ4v) is 4.68. The van der Waals surface area contributed by atoms with E-state index in [9.17, 15) is 13.2 Å². The van der Waals surface area contributed by atoms with Gasteiger partial charge in [-0.15, -0.1) is 0 Å². The van der Waals surface area contributed by atoms with E-state index in [-0.39, 0.29) is 17.3 Å². The molecule has 0 spiro atoms. The molecule has 2 aromatic carbocycles. The smallest absolute Gasteiger partial charge is 0.242 e. The average Bonchev–Trinajstić information content (AvgIpc) is 2.73. The molecule has 0 atom stereocenters. The molecule has 1 aliphatic heterocycles. The first-order valence-electron chi connectivity index (χ1n) is 9.30. The second-order valence-corrected chi connectivity index (χ2v) is 9.26. The minimum Gasteiger partial charge on any atom is -0.381 e. The van der Waals surface area contributed by atoms with Gasteiger partial charge in [-0.1, -0.05) is 48.5 Å². The van der Waals surface area contributed by atoms with Crippen LogP contribution in [0.4, 0.5) is 0 Å². The Kier molecular flexibility index (Phi) is 6.17. The summed E-state index contributed by atoms with van der Waals surface area (Å²) < 4.78 is 31.8. The summed E-state index contributed by atoms with van der Waals surface area (Å²) in [6.07, 6.45) is 1.20. The predicted octanol–water partition coefficient (Wildman–Crippen LogP) is 2.30. The highest BCUT2D eigenvalue weighted by Gasteiger charge is 2.41. The molecule has 150 valence electrons. The fraction of sp³-hybridized carbons (Fsp3) is 0.381. The third-order valence-electron chi connectivity index (χ3n) is 5.28. The third-order valence-corrected chi connectivity index (χ3v) is 7.19. The van der Waals surface area contributed by atoms with Crippen LogP contribution >= 0.6 is 0 Å². The first kappa shape index (κ1) is 20.5. The summed E-state index contributed by atoms with van der Waals surface area (Å²) in [6.45, 7) is 1.19. The molecule has 0 saturated carbocycles. The van der Waals surface area contributed by atoms with Crippen LogP contribution in [0.3, 0.4) is 0 Å². The van der Waals surface area contributed by atoms with Gasteiger partial charge in [0.15, 0.2) is 0 Å². The topological polar surface area (TPSA) is 75.7 Å². The predicted molar refractivity (Wildman–Crippen MR) is 107 cm³/mol. The number of sulfonamides is 1. The molecule has 7 heteroatoms. The number of carbonyl (C=O) groups excluding carboxylic acids is 1. The zero-order valence-corrected chi connectivity index (χ0v) is 17.0. The summed E-state index contributed by atoms with van der Waals surface area (Å²) >= 11 is 0. The molecule has 0 bridgehead atoms. The van der Waals surface area contributed by atoms with Gasteiger partial charge in [0, 0.05) is 33.9 Å². The van der Waals surface area contributed by atoms with E-state index in [0.717, 1.165) is 5.56 Å². The second kappa shape index (κ2) is 8.43. The van der Waals surface area contributed by atoms with Crippen LogP contribution in [0.5, 0.6) is 0 Å². The summed E-state index contributed by atoms with van der Waals surface area (Å²) in [4.78, 5) is 13.5. The van der Waals surface area contributed by atoms with E-state index in [4.69, 9.17) is 4.74 Å². The van der Waals surface area contributed by atoms with Crippen molar-refractivity contribution in [1.82, 2.24) is 9.62 Å². The maximum atomic E-state index is 13.3. The number of hydrogen-bond acceptors (Lipinski definition) is 4. The maximum Gasteiger partial charge on any atom is 0.242 e. The second-order valence-electron chi connectivity index (χ2n) is 7.14. The molecular formula is C21H26N2O4S. The lowest BCUT2D eigenvalue weighted by molar-refractivity contribution is -0.130. The van der Waals surface area contributed by atoms with Gasteiger partial charge in [-0.05, 0) is 30.0 Å². The minimum absolute atomic E-state index is 0.0981. The molecule has 1 fully saturated rings. The van der Waals surface area contributed by atoms with E-state index in [0.29, 0.717) is 31.6 Å². The van der Waals surface area contributed by atoms with Crippen molar-refractivity contribution in [2.45, 2.75) is 29.7 Å². The Labute approximate surface area is 166 Å². The van der Waals surface area contributed by atoms with Crippen LogP contribution < -0.4 is 5.32 Å². The number of rotatable bonds is 6. The standard InChI is InChI=1S/C21H26N2O4S/c1-23(2)28(25,26)19-11-7-6-8-17(19)16-22-20(24)21(12-14-27-15-13-21)18-9-4-3-5-10-18/h3-11H,12-16H2,1-2H3,(H,22,24). The van der Waals surface area contributed by atoms with Crippen LogP contribution in [-0.4, -0.2) is 45.9 Å². The molecule has 0 aliphatic carbocycles. The van der Waals surface area contributed by atoms with E-state index in [1.165, 1.54) is 18.4 Å². The Morgan fingerprint density at radius 2 is 1.64 bits per heavy atom. The average molecular weight is 403 g/mol. The van der Waals surface area contributed by atoms with Gasteiger partial charge in [0.1, 0.15) is 0 Å². The zero-order chi connectivity index (χ0) is 20.2. The molecule has 0 aromatic heterocycles. The van der Waals surface area contributed by atoms with Crippen LogP contribution in [0.2, 0.25) is 0 Å². The number of nitrogens with one attached hydrogen (secondary N) is 1. The van der Waals surface area contributed by atoms with Gasteiger partial charge in [-0.3, -0.25) is 4.79 Å². The Morgan fingerprint density at radius 3 is 2.29 bits per heavy atom. The summed E-state index contributed by atoms with van der Waals surface area (Å²) in [5.74, 6) is -0.0981. The van der Waals surface area contributed by atoms with E-state index in [1.807, 2.05) is 30.3 Å². The van der Waals surface area contributed by atoms with E-state index in [1.54, 1.807) is 24.3 Å². The lowest BCUT2D eigenvalue weighted by atomic mass is 9.73. The minimum atomic E-state index is -3.59. The van der Waals surface area contributed by atoms with Crippen molar-refractivity contribution in [2.75, 3.05) is 27.3 Å². The van der Waals surface area contributed by atoms with Crippen LogP contribution in [0.1, 0.15) is 24.0 Å². The number of nitrogens with zero attached hydrogens (tertiary/aromatic N) is 1. The van der Waals surface area contributed by atoms with Gasteiger partial charge in [0.25, 0.3) is 0 Å². The van der Waals surface area contributed by atoms with Crippen molar-refractivity contribution < 1.29 is 17.9 Å². The van der Waals surface area contributed by atoms with Gasteiger partial charge >= 0.3 is 0 Å². The van der Waals surface area contributed by atoms with Crippen LogP contribution in [0, 0.1) is 0 Å². The van der Waals surface area contributed by atoms with Crippen LogP contribution in [0.15, 0.2) is 59.5 Å². The maximum absolute atomic E-state index is 13.3. The quantitative estimate of drug-likeness (QED) is 0.805. The van der Waals surface area contributed by atoms with Gasteiger partial charge in [-0.2, -0.15) is 0 Å². The molecular weight excluding hydrogens is 376 g/mol. The Balaban J connectivity index is 1.86. The molecule has 0 radical (unpaired) electrons. The highest BCUT2D eigenvalue weighted by Crippen LogP contribution is 2.35. The number of benzene rings is 2. The molecule has 0 unspecified atom stereocenters. The molecule has 2 aromatic rings. The molecule has 28 heavy (non-hydrogen) atoms. The Hall–Kier alpha value is -2.22. The summed E-state index contributed by atoms with van der Waals surface area (Å²) in [6, 6.07) is 16.5. The Bertz CT molecular complexity index is 920. The largest absolute Gasteiger partial charge is 0.381 e. The summed E-state index contributed by atoms with van der Waals surface area (Å²) in [7, 11) is -0.591. The van der Waals surface area contributed by atoms with Gasteiger partial charge < -0.3 is 10.1 Å². The number of amides is 1. The fourth-order valence-electron chi connectivity index (χ4n) is 3.57. The normalized spacial score (nSPS) is 16.7. The Morgan fingerprint density at radius 1 is 1.04 bits per heavy atom. The molecule has 1 aliphatic rings. The number of ether oxygens (including phenoxy) is 1. The van der Waals surface area contributed by atoms with Gasteiger partial charge in [0.05, 0.1) is 10.3 Å². The third kappa shape index (κ3) is 3.97. The molecule has 1 heterocycles. The van der Waals surface area contributed by atoms with Gasteiger partial charge in [0.2, 0.25) is 15.9 Å². The zero-order valence-electron chi connectivity index (χ0n) is 16.2. The van der Waals surface area contributed by atoms with Crippen molar-refractivity contribution in [3.05, 3.63) is 65.7 Å². The highest BCUT2D eigenvalue weighted by atomic mass is 32.2. The molecule has 6 nitrogen and oxygen atoms in total. The van der Waals surface area contributed by atoms with Crippen LogP contribution in [0.25, 0.3) is 0 Å². The highest BCUT2D eigenvalue weighted by molar-refractivity contribution is 7.89. The van der Waals surface area contributed by atoms with E-state index >= 15 is 0 Å². The first-order chi connectivity index (χ1) is 13.4. The number of carbonyl (C=O) groups is 1. The van der Waals surface area contributed by atoms with Crippen molar-refractivity contribution >= 4 is 15.9 Å². The number of hydrogen-bond donors (Lipinski definition) is 1. The molecule has 1 saturated heterocycles. The van der Waals surface area contributed by atoms with Crippen molar-refractivity contribution in [1.29, 1.82) is 0 Å². The molecule has 1 N–H and O–H groups in total. The summed E-state index contributed by atoms with van der Waals surface area (Å²) in [5.41, 5.74) is 0.874. The lowest BCUT2D eigenvalue weighted by Crippen LogP contribution is -2.47. The first-order valence-corrected chi connectivity index (χ1v) is 10.7. The van der Waals surface area contributed by atoms with Crippen LogP contribution in [-0.2, 0) is 31.5 Å². The van der Waals surface area contributed by atoms with Gasteiger partial charge in [-0.25, -0.2) is 12.7 Å². The van der Waals surface area contributed by atoms with Crippen molar-refractivity contribution in [3.8, 4) is 0 Å². The van der Waals surface area contributed by atoms with E-state index < -0.39 is 15.4 Å². The SMILES string of the molecule is CN(C)S(=O)(=O)c1ccccc1CNC(=O)C1(c2ccccc2)CCOCC1. The lowest BCUT2D eigenvalue weighted by Gasteiger charge is -2.36. The van der Waals surface area contributed by atoms with E-state index in [2.05, 4.69) is 5.32 Å². The summed E-state index contributed by atoms with van der Waals surface area (Å²) in [5, 5.41) is 2.98. The van der Waals surface area contributed by atoms with Crippen molar-refractivity contribution in [2.24, 2.45) is 0 Å². The van der Waals surface area contributed by atoms with Crippen molar-refractivity contribution in [3.63, 3.8) is 0 Å². The monoisotopic (exact) mass is 402 g/mol. The molecule has 3 rings (SSSR count).